The summed E-state index contributed by atoms with van der Waals surface area (Å²) < 4.78 is 6.74. The first kappa shape index (κ1) is 17.8. The predicted molar refractivity (Wildman–Crippen MR) is 93.9 cm³/mol. The van der Waals surface area contributed by atoms with Crippen molar-refractivity contribution in [1.29, 1.82) is 0 Å². The summed E-state index contributed by atoms with van der Waals surface area (Å²) in [5.41, 5.74) is 0.886. The van der Waals surface area contributed by atoms with Gasteiger partial charge in [0.05, 0.1) is 24.8 Å². The molecule has 0 saturated carbocycles. The quantitative estimate of drug-likeness (QED) is 0.850. The molecule has 1 aliphatic rings. The number of amides is 1. The van der Waals surface area contributed by atoms with Crippen molar-refractivity contribution in [2.24, 2.45) is 5.92 Å². The second-order valence-electron chi connectivity index (χ2n) is 6.32. The van der Waals surface area contributed by atoms with Gasteiger partial charge in [-0.2, -0.15) is 0 Å². The third-order valence-corrected chi connectivity index (χ3v) is 4.32. The van der Waals surface area contributed by atoms with Gasteiger partial charge in [0.2, 0.25) is 5.91 Å². The number of benzene rings is 1. The van der Waals surface area contributed by atoms with Crippen LogP contribution in [0, 0.1) is 5.92 Å². The molecule has 2 rings (SSSR count). The maximum absolute atomic E-state index is 12.4. The zero-order chi connectivity index (χ0) is 17.1. The molecule has 0 unspecified atom stereocenters. The number of carbonyl (C=O) groups excluding carboxylic acids is 2. The summed E-state index contributed by atoms with van der Waals surface area (Å²) in [5.74, 6) is 0.666. The molecule has 6 heteroatoms. The molecule has 0 saturated heterocycles. The molecular weight excluding hydrogens is 360 g/mol. The van der Waals surface area contributed by atoms with Gasteiger partial charge in [-0.05, 0) is 38.0 Å². The third-order valence-electron chi connectivity index (χ3n) is 3.82. The Morgan fingerprint density at radius 2 is 2.13 bits per heavy atom. The summed E-state index contributed by atoms with van der Waals surface area (Å²) in [6.45, 7) is 8.17. The molecule has 1 heterocycles. The molecule has 23 heavy (non-hydrogen) atoms. The highest BCUT2D eigenvalue weighted by Crippen LogP contribution is 2.35. The minimum Gasteiger partial charge on any atom is -0.487 e. The Morgan fingerprint density at radius 3 is 2.74 bits per heavy atom. The fourth-order valence-corrected chi connectivity index (χ4v) is 3.13. The van der Waals surface area contributed by atoms with Crippen molar-refractivity contribution in [3.63, 3.8) is 0 Å². The molecule has 0 spiro atoms. The lowest BCUT2D eigenvalue weighted by atomic mass is 10.0. The molecule has 1 aliphatic heterocycles. The van der Waals surface area contributed by atoms with Gasteiger partial charge in [0, 0.05) is 4.47 Å². The zero-order valence-corrected chi connectivity index (χ0v) is 15.5. The fraction of sp³-hybridized carbons (Fsp3) is 0.529. The van der Waals surface area contributed by atoms with Gasteiger partial charge in [0.1, 0.15) is 11.9 Å². The highest BCUT2D eigenvalue weighted by Gasteiger charge is 2.27. The van der Waals surface area contributed by atoms with E-state index in [-0.39, 0.29) is 30.3 Å². The topological polar surface area (TPSA) is 58.6 Å². The average molecular weight is 383 g/mol. The standard InChI is InChI=1S/C17H23BrN2O3/c1-10(2)17(12(4)21)19-16(22)9-20-8-11(3)23-15-6-5-13(18)7-14(15)20/h5-7,10-11,17H,8-9H2,1-4H3,(H,19,22)/t11-,17-/m0/s1. The van der Waals surface area contributed by atoms with E-state index in [2.05, 4.69) is 21.2 Å². The van der Waals surface area contributed by atoms with Crippen molar-refractivity contribution in [1.82, 2.24) is 5.32 Å². The van der Waals surface area contributed by atoms with Crippen molar-refractivity contribution in [3.05, 3.63) is 22.7 Å². The van der Waals surface area contributed by atoms with Gasteiger partial charge in [0.15, 0.2) is 5.78 Å². The molecular formula is C17H23BrN2O3. The number of ether oxygens (including phenoxy) is 1. The van der Waals surface area contributed by atoms with Crippen molar-refractivity contribution in [2.45, 2.75) is 39.8 Å². The van der Waals surface area contributed by atoms with E-state index in [1.54, 1.807) is 0 Å². The maximum atomic E-state index is 12.4. The molecule has 1 amide bonds. The van der Waals surface area contributed by atoms with Crippen LogP contribution in [-0.4, -0.2) is 36.9 Å². The van der Waals surface area contributed by atoms with Gasteiger partial charge in [-0.1, -0.05) is 29.8 Å². The molecule has 0 fully saturated rings. The molecule has 1 N–H and O–H groups in total. The van der Waals surface area contributed by atoms with Crippen LogP contribution in [0.25, 0.3) is 0 Å². The van der Waals surface area contributed by atoms with Crippen LogP contribution in [0.15, 0.2) is 22.7 Å². The lowest BCUT2D eigenvalue weighted by Crippen LogP contribution is -2.49. The highest BCUT2D eigenvalue weighted by molar-refractivity contribution is 9.10. The van der Waals surface area contributed by atoms with Gasteiger partial charge >= 0.3 is 0 Å². The number of halogens is 1. The number of rotatable bonds is 5. The summed E-state index contributed by atoms with van der Waals surface area (Å²) >= 11 is 3.45. The Bertz CT molecular complexity index is 604. The summed E-state index contributed by atoms with van der Waals surface area (Å²) in [4.78, 5) is 26.0. The molecule has 0 bridgehead atoms. The minimum absolute atomic E-state index is 0.00479. The molecule has 0 aromatic heterocycles. The predicted octanol–water partition coefficient (Wildman–Crippen LogP) is 2.77. The summed E-state index contributed by atoms with van der Waals surface area (Å²) in [5, 5.41) is 2.84. The number of hydrogen-bond acceptors (Lipinski definition) is 4. The van der Waals surface area contributed by atoms with Crippen LogP contribution < -0.4 is 15.0 Å². The first-order valence-electron chi connectivity index (χ1n) is 7.79. The van der Waals surface area contributed by atoms with E-state index in [1.165, 1.54) is 6.92 Å². The number of hydrogen-bond donors (Lipinski definition) is 1. The van der Waals surface area contributed by atoms with Crippen LogP contribution in [0.2, 0.25) is 0 Å². The Kier molecular flexibility index (Phi) is 5.68. The number of Topliss-reactive ketones (excluding diaryl/α,β-unsaturated/α-hetero) is 1. The number of fused-ring (bicyclic) bond motifs is 1. The average Bonchev–Trinajstić information content (AvgIpc) is 2.44. The van der Waals surface area contributed by atoms with E-state index in [4.69, 9.17) is 4.74 Å². The van der Waals surface area contributed by atoms with Crippen LogP contribution in [0.1, 0.15) is 27.7 Å². The highest BCUT2D eigenvalue weighted by atomic mass is 79.9. The smallest absolute Gasteiger partial charge is 0.240 e. The number of nitrogens with one attached hydrogen (secondary N) is 1. The molecule has 1 aromatic carbocycles. The van der Waals surface area contributed by atoms with Gasteiger partial charge in [-0.15, -0.1) is 0 Å². The zero-order valence-electron chi connectivity index (χ0n) is 13.9. The summed E-state index contributed by atoms with van der Waals surface area (Å²) in [7, 11) is 0. The summed E-state index contributed by atoms with van der Waals surface area (Å²) in [6, 6.07) is 5.31. The van der Waals surface area contributed by atoms with E-state index in [0.717, 1.165) is 15.9 Å². The van der Waals surface area contributed by atoms with Crippen LogP contribution in [0.4, 0.5) is 5.69 Å². The second-order valence-corrected chi connectivity index (χ2v) is 7.24. The van der Waals surface area contributed by atoms with E-state index in [9.17, 15) is 9.59 Å². The lowest BCUT2D eigenvalue weighted by Gasteiger charge is -2.35. The number of anilines is 1. The van der Waals surface area contributed by atoms with E-state index in [1.807, 2.05) is 43.9 Å². The van der Waals surface area contributed by atoms with Gasteiger partial charge in [-0.25, -0.2) is 0 Å². The Hall–Kier alpha value is -1.56. The van der Waals surface area contributed by atoms with Crippen molar-refractivity contribution in [3.8, 4) is 5.75 Å². The lowest BCUT2D eigenvalue weighted by molar-refractivity contribution is -0.127. The number of carbonyl (C=O) groups is 2. The Balaban J connectivity index is 2.12. The van der Waals surface area contributed by atoms with Crippen molar-refractivity contribution < 1.29 is 14.3 Å². The largest absolute Gasteiger partial charge is 0.487 e. The molecule has 1 aromatic rings. The van der Waals surface area contributed by atoms with Crippen molar-refractivity contribution >= 4 is 33.3 Å². The second kappa shape index (κ2) is 7.34. The Morgan fingerprint density at radius 1 is 1.43 bits per heavy atom. The van der Waals surface area contributed by atoms with Gasteiger partial charge < -0.3 is 15.0 Å². The van der Waals surface area contributed by atoms with E-state index < -0.39 is 6.04 Å². The van der Waals surface area contributed by atoms with Gasteiger partial charge in [-0.3, -0.25) is 9.59 Å². The first-order valence-corrected chi connectivity index (χ1v) is 8.58. The number of ketones is 1. The summed E-state index contributed by atoms with van der Waals surface area (Å²) in [6.07, 6.45) is 0.00479. The Labute approximate surface area is 145 Å². The molecule has 126 valence electrons. The van der Waals surface area contributed by atoms with Crippen LogP contribution in [0.5, 0.6) is 5.75 Å². The monoisotopic (exact) mass is 382 g/mol. The maximum Gasteiger partial charge on any atom is 0.240 e. The number of nitrogens with zero attached hydrogens (tertiary/aromatic N) is 1. The SMILES string of the molecule is CC(=O)[C@@H](NC(=O)CN1C[C@H](C)Oc2ccc(Br)cc21)C(C)C. The minimum atomic E-state index is -0.442. The molecule has 0 radical (unpaired) electrons. The van der Waals surface area contributed by atoms with Crippen LogP contribution in [0.3, 0.4) is 0 Å². The van der Waals surface area contributed by atoms with Crippen molar-refractivity contribution in [2.75, 3.05) is 18.0 Å². The van der Waals surface area contributed by atoms with E-state index >= 15 is 0 Å². The van der Waals surface area contributed by atoms with Gasteiger partial charge in [0.25, 0.3) is 0 Å². The molecule has 2 atom stereocenters. The molecule has 0 aliphatic carbocycles. The normalized spacial score (nSPS) is 18.2. The fourth-order valence-electron chi connectivity index (χ4n) is 2.78. The van der Waals surface area contributed by atoms with Crippen LogP contribution in [-0.2, 0) is 9.59 Å². The molecule has 5 nitrogen and oxygen atoms in total. The third kappa shape index (κ3) is 4.47. The van der Waals surface area contributed by atoms with E-state index in [0.29, 0.717) is 6.54 Å². The van der Waals surface area contributed by atoms with Crippen LogP contribution >= 0.6 is 15.9 Å². The first-order chi connectivity index (χ1) is 10.8.